The molecule has 1 N–H and O–H groups in total. The number of ether oxygens (including phenoxy) is 1. The molecule has 2 heterocycles. The van der Waals surface area contributed by atoms with Gasteiger partial charge in [-0.2, -0.15) is 0 Å². The van der Waals surface area contributed by atoms with E-state index in [-0.39, 0.29) is 17.9 Å². The van der Waals surface area contributed by atoms with Crippen LogP contribution in [0.4, 0.5) is 5.69 Å². The Morgan fingerprint density at radius 3 is 2.72 bits per heavy atom. The molecule has 32 heavy (non-hydrogen) atoms. The Labute approximate surface area is 194 Å². The Bertz CT molecular complexity index is 1050. The van der Waals surface area contributed by atoms with Crippen LogP contribution in [0.3, 0.4) is 0 Å². The lowest BCUT2D eigenvalue weighted by atomic mass is 9.78. The third kappa shape index (κ3) is 3.55. The minimum absolute atomic E-state index is 0.0534. The van der Waals surface area contributed by atoms with Crippen molar-refractivity contribution >= 4 is 29.1 Å². The molecule has 1 fully saturated rings. The van der Waals surface area contributed by atoms with E-state index in [4.69, 9.17) is 16.3 Å². The molecule has 2 atom stereocenters. The Morgan fingerprint density at radius 1 is 1.25 bits per heavy atom. The van der Waals surface area contributed by atoms with E-state index in [0.717, 1.165) is 41.6 Å². The van der Waals surface area contributed by atoms with Crippen molar-refractivity contribution in [3.05, 3.63) is 58.1 Å². The van der Waals surface area contributed by atoms with Crippen LogP contribution in [0.1, 0.15) is 42.4 Å². The van der Waals surface area contributed by atoms with E-state index >= 15 is 0 Å². The highest BCUT2D eigenvalue weighted by atomic mass is 35.5. The Morgan fingerprint density at radius 2 is 2.00 bits per heavy atom. The van der Waals surface area contributed by atoms with E-state index in [1.165, 1.54) is 0 Å². The quantitative estimate of drug-likeness (QED) is 0.734. The normalized spacial score (nSPS) is 22.9. The second-order valence-corrected chi connectivity index (χ2v) is 9.25. The summed E-state index contributed by atoms with van der Waals surface area (Å²) < 4.78 is 5.73. The van der Waals surface area contributed by atoms with Gasteiger partial charge in [0.1, 0.15) is 5.75 Å². The maximum Gasteiger partial charge on any atom is 0.254 e. The molecule has 2 aliphatic heterocycles. The largest absolute Gasteiger partial charge is 0.496 e. The van der Waals surface area contributed by atoms with Crippen molar-refractivity contribution in [3.8, 4) is 5.75 Å². The Kier molecular flexibility index (Phi) is 6.19. The van der Waals surface area contributed by atoms with Crippen LogP contribution in [0.25, 0.3) is 0 Å². The van der Waals surface area contributed by atoms with Crippen LogP contribution in [-0.4, -0.2) is 55.4 Å². The fourth-order valence-electron chi connectivity index (χ4n) is 5.11. The summed E-state index contributed by atoms with van der Waals surface area (Å²) >= 11 is 6.58. The van der Waals surface area contributed by atoms with Crippen molar-refractivity contribution in [1.82, 2.24) is 9.80 Å². The fourth-order valence-corrected chi connectivity index (χ4v) is 5.27. The molecular formula is C25H30ClN3O3. The molecule has 170 valence electrons. The van der Waals surface area contributed by atoms with Gasteiger partial charge in [-0.15, -0.1) is 0 Å². The summed E-state index contributed by atoms with van der Waals surface area (Å²) in [6.45, 7) is 2.62. The molecule has 0 saturated carbocycles. The molecule has 2 aliphatic rings. The number of likely N-dealkylation sites (tertiary alicyclic amines) is 1. The maximum atomic E-state index is 14.0. The number of methoxy groups -OCH3 is 1. The number of nitrogens with one attached hydrogen (secondary N) is 1. The molecule has 2 aromatic carbocycles. The van der Waals surface area contributed by atoms with E-state index in [1.54, 1.807) is 26.1 Å². The van der Waals surface area contributed by atoms with Gasteiger partial charge in [0, 0.05) is 54.9 Å². The van der Waals surface area contributed by atoms with E-state index in [9.17, 15) is 9.59 Å². The molecule has 2 amide bonds. The molecule has 0 bridgehead atoms. The topological polar surface area (TPSA) is 61.9 Å². The van der Waals surface area contributed by atoms with Crippen molar-refractivity contribution in [2.75, 3.05) is 33.1 Å². The van der Waals surface area contributed by atoms with Crippen LogP contribution in [0, 0.1) is 6.92 Å². The summed E-state index contributed by atoms with van der Waals surface area (Å²) in [6, 6.07) is 11.4. The third-order valence-corrected chi connectivity index (χ3v) is 7.14. The number of hydrogen-bond acceptors (Lipinski definition) is 4. The molecule has 0 aromatic heterocycles. The second kappa shape index (κ2) is 8.75. The van der Waals surface area contributed by atoms with Crippen LogP contribution >= 0.6 is 11.6 Å². The number of carbonyl (C=O) groups is 2. The number of anilines is 1. The van der Waals surface area contributed by atoms with Gasteiger partial charge in [-0.25, -0.2) is 0 Å². The predicted molar refractivity (Wildman–Crippen MR) is 126 cm³/mol. The van der Waals surface area contributed by atoms with Crippen molar-refractivity contribution in [3.63, 3.8) is 0 Å². The summed E-state index contributed by atoms with van der Waals surface area (Å²) in [4.78, 5) is 30.5. The summed E-state index contributed by atoms with van der Waals surface area (Å²) in [6.07, 6.45) is 3.17. The standard InChI is InChI=1S/C25H30ClN3O3/c1-16-13-21-19(15-20(16)26)25(24(31)27-21,18-10-5-6-11-22(18)32-4)29-12-8-7-9-17(29)14-23(30)28(2)3/h5-6,10-11,13,15,17H,7-9,12,14H2,1-4H3,(H,27,31)/t17-,25?/m0/s1. The zero-order valence-electron chi connectivity index (χ0n) is 19.1. The van der Waals surface area contributed by atoms with Gasteiger partial charge in [-0.1, -0.05) is 36.2 Å². The molecule has 0 aliphatic carbocycles. The smallest absolute Gasteiger partial charge is 0.254 e. The van der Waals surface area contributed by atoms with Gasteiger partial charge in [-0.3, -0.25) is 14.5 Å². The highest BCUT2D eigenvalue weighted by molar-refractivity contribution is 6.31. The number of fused-ring (bicyclic) bond motifs is 1. The van der Waals surface area contributed by atoms with Gasteiger partial charge in [0.15, 0.2) is 5.54 Å². The minimum atomic E-state index is -1.13. The van der Waals surface area contributed by atoms with E-state index in [2.05, 4.69) is 10.2 Å². The second-order valence-electron chi connectivity index (χ2n) is 8.85. The summed E-state index contributed by atoms with van der Waals surface area (Å²) in [7, 11) is 5.16. The van der Waals surface area contributed by atoms with Crippen LogP contribution in [0.15, 0.2) is 36.4 Å². The summed E-state index contributed by atoms with van der Waals surface area (Å²) in [5, 5.41) is 3.72. The Hall–Kier alpha value is -2.57. The highest BCUT2D eigenvalue weighted by Gasteiger charge is 2.56. The number of amides is 2. The van der Waals surface area contributed by atoms with Crippen molar-refractivity contribution < 1.29 is 14.3 Å². The third-order valence-electron chi connectivity index (χ3n) is 6.73. The van der Waals surface area contributed by atoms with Gasteiger partial charge in [0.05, 0.1) is 7.11 Å². The average Bonchev–Trinajstić information content (AvgIpc) is 3.05. The van der Waals surface area contributed by atoms with Gasteiger partial charge in [0.2, 0.25) is 5.91 Å². The molecule has 2 aromatic rings. The lowest BCUT2D eigenvalue weighted by Gasteiger charge is -2.47. The first-order valence-electron chi connectivity index (χ1n) is 11.0. The zero-order chi connectivity index (χ0) is 23.0. The highest BCUT2D eigenvalue weighted by Crippen LogP contribution is 2.51. The molecule has 1 unspecified atom stereocenters. The first kappa shape index (κ1) is 22.6. The van der Waals surface area contributed by atoms with Crippen LogP contribution in [0.5, 0.6) is 5.75 Å². The van der Waals surface area contributed by atoms with Gasteiger partial charge in [-0.05, 0) is 43.5 Å². The average molecular weight is 456 g/mol. The van der Waals surface area contributed by atoms with Crippen molar-refractivity contribution in [2.24, 2.45) is 0 Å². The molecule has 0 spiro atoms. The molecule has 4 rings (SSSR count). The van der Waals surface area contributed by atoms with Crippen molar-refractivity contribution in [2.45, 2.75) is 44.2 Å². The van der Waals surface area contributed by atoms with Crippen molar-refractivity contribution in [1.29, 1.82) is 0 Å². The molecule has 0 radical (unpaired) electrons. The zero-order valence-corrected chi connectivity index (χ0v) is 19.8. The van der Waals surface area contributed by atoms with Crippen LogP contribution in [0.2, 0.25) is 5.02 Å². The number of halogens is 1. The predicted octanol–water partition coefficient (Wildman–Crippen LogP) is 4.19. The molecular weight excluding hydrogens is 426 g/mol. The number of aryl methyl sites for hydroxylation is 1. The SMILES string of the molecule is COc1ccccc1C1(N2CCCC[C@H]2CC(=O)N(C)C)C(=O)Nc2cc(C)c(Cl)cc21. The van der Waals surface area contributed by atoms with Crippen LogP contribution in [-0.2, 0) is 15.1 Å². The lowest BCUT2D eigenvalue weighted by molar-refractivity contribution is -0.135. The summed E-state index contributed by atoms with van der Waals surface area (Å²) in [5.74, 6) is 0.552. The Balaban J connectivity index is 1.97. The molecule has 1 saturated heterocycles. The van der Waals surface area contributed by atoms with E-state index in [1.807, 2.05) is 43.3 Å². The lowest BCUT2D eigenvalue weighted by Crippen LogP contribution is -2.58. The van der Waals surface area contributed by atoms with Crippen LogP contribution < -0.4 is 10.1 Å². The van der Waals surface area contributed by atoms with Gasteiger partial charge < -0.3 is 15.0 Å². The first-order chi connectivity index (χ1) is 15.3. The molecule has 7 heteroatoms. The number of benzene rings is 2. The number of piperidine rings is 1. The van der Waals surface area contributed by atoms with Gasteiger partial charge in [0.25, 0.3) is 5.91 Å². The summed E-state index contributed by atoms with van der Waals surface area (Å²) in [5.41, 5.74) is 2.11. The van der Waals surface area contributed by atoms with E-state index < -0.39 is 5.54 Å². The molecule has 6 nitrogen and oxygen atoms in total. The number of nitrogens with zero attached hydrogens (tertiary/aromatic N) is 2. The first-order valence-corrected chi connectivity index (χ1v) is 11.4. The maximum absolute atomic E-state index is 14.0. The van der Waals surface area contributed by atoms with Gasteiger partial charge >= 0.3 is 0 Å². The fraction of sp³-hybridized carbons (Fsp3) is 0.440. The number of rotatable bonds is 5. The monoisotopic (exact) mass is 455 g/mol. The number of hydrogen-bond donors (Lipinski definition) is 1. The number of para-hydroxylation sites is 1. The number of carbonyl (C=O) groups excluding carboxylic acids is 2. The van der Waals surface area contributed by atoms with E-state index in [0.29, 0.717) is 23.7 Å². The minimum Gasteiger partial charge on any atom is -0.496 e.